The lowest BCUT2D eigenvalue weighted by Crippen LogP contribution is -2.13. The summed E-state index contributed by atoms with van der Waals surface area (Å²) < 4.78 is 0.692. The highest BCUT2D eigenvalue weighted by Crippen LogP contribution is 2.28. The van der Waals surface area contributed by atoms with Gasteiger partial charge in [0.1, 0.15) is 6.07 Å². The Balaban J connectivity index is 1.52. The van der Waals surface area contributed by atoms with E-state index in [9.17, 15) is 4.79 Å². The Morgan fingerprint density at radius 3 is 2.67 bits per heavy atom. The van der Waals surface area contributed by atoms with E-state index in [1.807, 2.05) is 37.3 Å². The predicted octanol–water partition coefficient (Wildman–Crippen LogP) is 4.85. The van der Waals surface area contributed by atoms with Crippen molar-refractivity contribution in [3.05, 3.63) is 58.6 Å². The third-order valence-electron chi connectivity index (χ3n) is 3.41. The van der Waals surface area contributed by atoms with Crippen molar-refractivity contribution in [2.45, 2.75) is 11.3 Å². The van der Waals surface area contributed by atoms with Crippen LogP contribution in [0.15, 0.2) is 46.8 Å². The summed E-state index contributed by atoms with van der Waals surface area (Å²) in [5.41, 5.74) is 3.03. The minimum absolute atomic E-state index is 0.191. The first kappa shape index (κ1) is 19.2. The number of rotatable bonds is 6. The zero-order chi connectivity index (χ0) is 19.2. The molecule has 0 saturated carbocycles. The fourth-order valence-corrected chi connectivity index (χ4v) is 3.88. The Bertz CT molecular complexity index is 998. The molecule has 27 heavy (non-hydrogen) atoms. The Kier molecular flexibility index (Phi) is 6.29. The quantitative estimate of drug-likeness (QED) is 0.559. The number of thioether (sulfide) groups is 1. The monoisotopic (exact) mass is 415 g/mol. The van der Waals surface area contributed by atoms with Gasteiger partial charge >= 0.3 is 0 Å². The fourth-order valence-electron chi connectivity index (χ4n) is 2.09. The first-order valence-electron chi connectivity index (χ1n) is 7.83. The van der Waals surface area contributed by atoms with Gasteiger partial charge < -0.3 is 10.6 Å². The number of anilines is 3. The molecule has 0 bridgehead atoms. The van der Waals surface area contributed by atoms with Gasteiger partial charge in [0, 0.05) is 11.4 Å². The standard InChI is InChI=1S/C18H14ClN5OS2/c1-11-2-5-13(6-3-11)22-17-23-24-18(27-17)26-10-16(25)21-14-7-4-12(9-20)15(19)8-14/h2-8H,10H2,1H3,(H,21,25)(H,22,23). The van der Waals surface area contributed by atoms with Crippen molar-refractivity contribution in [2.75, 3.05) is 16.4 Å². The molecule has 136 valence electrons. The number of benzene rings is 2. The molecule has 0 radical (unpaired) electrons. The van der Waals surface area contributed by atoms with Gasteiger partial charge in [-0.25, -0.2) is 0 Å². The Morgan fingerprint density at radius 2 is 1.96 bits per heavy atom. The van der Waals surface area contributed by atoms with Crippen LogP contribution >= 0.6 is 34.7 Å². The number of aromatic nitrogens is 2. The van der Waals surface area contributed by atoms with Crippen molar-refractivity contribution >= 4 is 57.1 Å². The van der Waals surface area contributed by atoms with E-state index in [0.29, 0.717) is 25.7 Å². The minimum atomic E-state index is -0.191. The summed E-state index contributed by atoms with van der Waals surface area (Å²) in [6, 6.07) is 14.7. The highest BCUT2D eigenvalue weighted by Gasteiger charge is 2.10. The molecule has 0 aliphatic carbocycles. The van der Waals surface area contributed by atoms with Crippen LogP contribution in [0, 0.1) is 18.3 Å². The molecule has 0 spiro atoms. The first-order chi connectivity index (χ1) is 13.0. The maximum atomic E-state index is 12.1. The molecule has 9 heteroatoms. The zero-order valence-electron chi connectivity index (χ0n) is 14.2. The van der Waals surface area contributed by atoms with Crippen molar-refractivity contribution in [3.8, 4) is 6.07 Å². The summed E-state index contributed by atoms with van der Waals surface area (Å²) in [6.45, 7) is 2.03. The third kappa shape index (κ3) is 5.44. The second-order valence-electron chi connectivity index (χ2n) is 5.51. The van der Waals surface area contributed by atoms with E-state index in [1.54, 1.807) is 18.2 Å². The van der Waals surface area contributed by atoms with Gasteiger partial charge in [-0.05, 0) is 37.3 Å². The maximum Gasteiger partial charge on any atom is 0.234 e. The lowest BCUT2D eigenvalue weighted by atomic mass is 10.2. The van der Waals surface area contributed by atoms with Crippen molar-refractivity contribution in [2.24, 2.45) is 0 Å². The highest BCUT2D eigenvalue weighted by molar-refractivity contribution is 8.01. The molecule has 0 fully saturated rings. The molecule has 1 amide bonds. The lowest BCUT2D eigenvalue weighted by Gasteiger charge is -2.05. The molecule has 3 rings (SSSR count). The molecule has 6 nitrogen and oxygen atoms in total. The van der Waals surface area contributed by atoms with Gasteiger partial charge in [0.15, 0.2) is 4.34 Å². The number of aryl methyl sites for hydroxylation is 1. The number of hydrogen-bond acceptors (Lipinski definition) is 7. The Morgan fingerprint density at radius 1 is 1.22 bits per heavy atom. The van der Waals surface area contributed by atoms with Crippen LogP contribution in [0.2, 0.25) is 5.02 Å². The molecule has 0 unspecified atom stereocenters. The molecule has 0 atom stereocenters. The summed E-state index contributed by atoms with van der Waals surface area (Å²) in [4.78, 5) is 12.1. The summed E-state index contributed by atoms with van der Waals surface area (Å²) in [7, 11) is 0. The van der Waals surface area contributed by atoms with E-state index in [1.165, 1.54) is 28.7 Å². The molecule has 1 heterocycles. The second kappa shape index (κ2) is 8.86. The number of carbonyl (C=O) groups excluding carboxylic acids is 1. The second-order valence-corrected chi connectivity index (χ2v) is 8.11. The van der Waals surface area contributed by atoms with Gasteiger partial charge in [0.05, 0.1) is 16.3 Å². The molecule has 1 aromatic heterocycles. The number of hydrogen-bond donors (Lipinski definition) is 2. The minimum Gasteiger partial charge on any atom is -0.330 e. The van der Waals surface area contributed by atoms with Crippen LogP contribution < -0.4 is 10.6 Å². The number of carbonyl (C=O) groups is 1. The number of nitrogens with one attached hydrogen (secondary N) is 2. The van der Waals surface area contributed by atoms with E-state index in [-0.39, 0.29) is 11.7 Å². The Hall–Kier alpha value is -2.60. The van der Waals surface area contributed by atoms with E-state index in [4.69, 9.17) is 16.9 Å². The number of nitriles is 1. The van der Waals surface area contributed by atoms with E-state index < -0.39 is 0 Å². The van der Waals surface area contributed by atoms with Crippen LogP contribution in [-0.4, -0.2) is 21.9 Å². The van der Waals surface area contributed by atoms with Crippen LogP contribution in [-0.2, 0) is 4.79 Å². The maximum absolute atomic E-state index is 12.1. The van der Waals surface area contributed by atoms with Crippen LogP contribution in [0.1, 0.15) is 11.1 Å². The van der Waals surface area contributed by atoms with Gasteiger partial charge in [-0.3, -0.25) is 4.79 Å². The highest BCUT2D eigenvalue weighted by atomic mass is 35.5. The smallest absolute Gasteiger partial charge is 0.234 e. The van der Waals surface area contributed by atoms with Gasteiger partial charge in [0.25, 0.3) is 0 Å². The summed E-state index contributed by atoms with van der Waals surface area (Å²) >= 11 is 8.64. The van der Waals surface area contributed by atoms with Gasteiger partial charge in [-0.1, -0.05) is 52.4 Å². The molecule has 2 aromatic carbocycles. The first-order valence-corrected chi connectivity index (χ1v) is 10.0. The van der Waals surface area contributed by atoms with Crippen LogP contribution in [0.3, 0.4) is 0 Å². The lowest BCUT2D eigenvalue weighted by molar-refractivity contribution is -0.113. The van der Waals surface area contributed by atoms with Crippen LogP contribution in [0.4, 0.5) is 16.5 Å². The van der Waals surface area contributed by atoms with Gasteiger partial charge in [0.2, 0.25) is 11.0 Å². The largest absolute Gasteiger partial charge is 0.330 e. The average molecular weight is 416 g/mol. The molecule has 3 aromatic rings. The molecular weight excluding hydrogens is 402 g/mol. The number of amides is 1. The van der Waals surface area contributed by atoms with E-state index >= 15 is 0 Å². The predicted molar refractivity (Wildman–Crippen MR) is 110 cm³/mol. The van der Waals surface area contributed by atoms with E-state index in [2.05, 4.69) is 20.8 Å². The van der Waals surface area contributed by atoms with Crippen molar-refractivity contribution < 1.29 is 4.79 Å². The van der Waals surface area contributed by atoms with Crippen LogP contribution in [0.5, 0.6) is 0 Å². The summed E-state index contributed by atoms with van der Waals surface area (Å²) in [6.07, 6.45) is 0. The van der Waals surface area contributed by atoms with Crippen LogP contribution in [0.25, 0.3) is 0 Å². The van der Waals surface area contributed by atoms with Gasteiger partial charge in [-0.15, -0.1) is 10.2 Å². The number of halogens is 1. The SMILES string of the molecule is Cc1ccc(Nc2nnc(SCC(=O)Nc3ccc(C#N)c(Cl)c3)s2)cc1. The third-order valence-corrected chi connectivity index (χ3v) is 5.69. The normalized spacial score (nSPS) is 10.3. The Labute approximate surface area is 169 Å². The average Bonchev–Trinajstić information content (AvgIpc) is 3.09. The van der Waals surface area contributed by atoms with Crippen molar-refractivity contribution in [1.29, 1.82) is 5.26 Å². The molecule has 0 aliphatic heterocycles. The topological polar surface area (TPSA) is 90.7 Å². The fraction of sp³-hybridized carbons (Fsp3) is 0.111. The summed E-state index contributed by atoms with van der Waals surface area (Å²) in [5, 5.41) is 23.9. The molecule has 0 aliphatic rings. The summed E-state index contributed by atoms with van der Waals surface area (Å²) in [5.74, 6) is 0.000531. The number of nitrogens with zero attached hydrogens (tertiary/aromatic N) is 3. The van der Waals surface area contributed by atoms with E-state index in [0.717, 1.165) is 5.69 Å². The molecule has 0 saturated heterocycles. The molecular formula is C18H14ClN5OS2. The van der Waals surface area contributed by atoms with Crippen molar-refractivity contribution in [1.82, 2.24) is 10.2 Å². The van der Waals surface area contributed by atoms with Gasteiger partial charge in [-0.2, -0.15) is 5.26 Å². The molecule has 2 N–H and O–H groups in total. The van der Waals surface area contributed by atoms with Crippen molar-refractivity contribution in [3.63, 3.8) is 0 Å². The zero-order valence-corrected chi connectivity index (χ0v) is 16.6.